The van der Waals surface area contributed by atoms with Crippen LogP contribution < -0.4 is 4.90 Å². The highest BCUT2D eigenvalue weighted by Gasteiger charge is 2.20. The van der Waals surface area contributed by atoms with Crippen LogP contribution in [0.3, 0.4) is 0 Å². The summed E-state index contributed by atoms with van der Waals surface area (Å²) in [5.41, 5.74) is 13.0. The molecule has 1 aromatic heterocycles. The lowest BCUT2D eigenvalue weighted by Gasteiger charge is -2.25. The van der Waals surface area contributed by atoms with Gasteiger partial charge in [0.2, 0.25) is 0 Å². The van der Waals surface area contributed by atoms with Gasteiger partial charge in [0.05, 0.1) is 16.7 Å². The lowest BCUT2D eigenvalue weighted by Crippen LogP contribution is -2.11. The van der Waals surface area contributed by atoms with Crippen LogP contribution in [0.25, 0.3) is 49.8 Å². The molecule has 2 heterocycles. The maximum absolute atomic E-state index is 4.44. The van der Waals surface area contributed by atoms with Crippen LogP contribution in [0.4, 0.5) is 11.4 Å². The van der Waals surface area contributed by atoms with Crippen molar-refractivity contribution < 1.29 is 0 Å². The molecule has 0 saturated carbocycles. The number of hydrogen-bond donors (Lipinski definition) is 0. The highest BCUT2D eigenvalue weighted by atomic mass is 15.1. The van der Waals surface area contributed by atoms with Crippen molar-refractivity contribution in [2.24, 2.45) is 0 Å². The van der Waals surface area contributed by atoms with Gasteiger partial charge < -0.3 is 9.47 Å². The molecule has 8 rings (SSSR count). The van der Waals surface area contributed by atoms with Gasteiger partial charge in [0.1, 0.15) is 0 Å². The quantitative estimate of drug-likeness (QED) is 0.207. The van der Waals surface area contributed by atoms with Crippen LogP contribution in [0.2, 0.25) is 0 Å². The van der Waals surface area contributed by atoms with Crippen molar-refractivity contribution in [2.75, 3.05) is 4.90 Å². The van der Waals surface area contributed by atoms with E-state index < -0.39 is 0 Å². The standard InChI is InChI=1S/C42H32N2/c1-30-14-12-13-27-43(34-17-6-3-7-18-34)39-25-23-32(28-37(30)39)33-24-26-42-38(29-33)36-20-9-11-22-41(36)44(42)40-21-10-8-19-35(40)31-15-4-2-5-16-31/h2-7,9,11-29H,1,8,10H2/b14-12-,27-13-. The molecule has 0 radical (unpaired) electrons. The smallest absolute Gasteiger partial charge is 0.0541 e. The second-order valence-corrected chi connectivity index (χ2v) is 11.4. The number of anilines is 2. The van der Waals surface area contributed by atoms with Crippen molar-refractivity contribution in [3.63, 3.8) is 0 Å². The predicted octanol–water partition coefficient (Wildman–Crippen LogP) is 11.4. The second kappa shape index (κ2) is 10.9. The van der Waals surface area contributed by atoms with E-state index in [-0.39, 0.29) is 0 Å². The number of fused-ring (bicyclic) bond motifs is 4. The number of nitrogens with zero attached hydrogens (tertiary/aromatic N) is 2. The molecule has 44 heavy (non-hydrogen) atoms. The summed E-state index contributed by atoms with van der Waals surface area (Å²) in [5.74, 6) is 0. The zero-order valence-electron chi connectivity index (χ0n) is 24.5. The summed E-state index contributed by atoms with van der Waals surface area (Å²) < 4.78 is 2.46. The van der Waals surface area contributed by atoms with Crippen LogP contribution in [0.15, 0.2) is 164 Å². The lowest BCUT2D eigenvalue weighted by atomic mass is 9.95. The third-order valence-corrected chi connectivity index (χ3v) is 8.74. The van der Waals surface area contributed by atoms with Gasteiger partial charge in [0, 0.05) is 39.5 Å². The van der Waals surface area contributed by atoms with Gasteiger partial charge in [-0.25, -0.2) is 0 Å². The molecule has 6 aromatic rings. The first-order valence-corrected chi connectivity index (χ1v) is 15.3. The molecule has 0 fully saturated rings. The number of rotatable bonds is 4. The second-order valence-electron chi connectivity index (χ2n) is 11.4. The Bertz CT molecular complexity index is 2170. The molecule has 1 aliphatic carbocycles. The van der Waals surface area contributed by atoms with Gasteiger partial charge in [-0.05, 0) is 83.6 Å². The number of para-hydroxylation sites is 2. The molecule has 0 saturated heterocycles. The third kappa shape index (κ3) is 4.44. The fourth-order valence-corrected chi connectivity index (χ4v) is 6.64. The number of benzene rings is 5. The van der Waals surface area contributed by atoms with Crippen LogP contribution in [-0.2, 0) is 0 Å². The highest BCUT2D eigenvalue weighted by molar-refractivity contribution is 6.15. The summed E-state index contributed by atoms with van der Waals surface area (Å²) in [7, 11) is 0. The molecule has 0 amide bonds. The normalized spacial score (nSPS) is 16.2. The maximum Gasteiger partial charge on any atom is 0.0541 e. The minimum Gasteiger partial charge on any atom is -0.317 e. The van der Waals surface area contributed by atoms with Crippen LogP contribution in [0.1, 0.15) is 24.0 Å². The van der Waals surface area contributed by atoms with Gasteiger partial charge in [-0.3, -0.25) is 0 Å². The third-order valence-electron chi connectivity index (χ3n) is 8.74. The molecule has 1 aliphatic heterocycles. The minimum absolute atomic E-state index is 0.995. The van der Waals surface area contributed by atoms with Crippen molar-refractivity contribution in [1.82, 2.24) is 4.57 Å². The topological polar surface area (TPSA) is 8.17 Å². The molecule has 0 atom stereocenters. The Kier molecular flexibility index (Phi) is 6.46. The van der Waals surface area contributed by atoms with E-state index in [0.29, 0.717) is 0 Å². The Hall–Kier alpha value is -5.60. The molecular formula is C42H32N2. The number of allylic oxidation sites excluding steroid dienone is 8. The fraction of sp³-hybridized carbons (Fsp3) is 0.0476. The predicted molar refractivity (Wildman–Crippen MR) is 189 cm³/mol. The molecule has 5 aromatic carbocycles. The van der Waals surface area contributed by atoms with Crippen molar-refractivity contribution >= 4 is 50.0 Å². The Morgan fingerprint density at radius 3 is 2.14 bits per heavy atom. The summed E-state index contributed by atoms with van der Waals surface area (Å²) in [6, 6.07) is 43.7. The summed E-state index contributed by atoms with van der Waals surface area (Å²) in [6.07, 6.45) is 15.2. The Morgan fingerprint density at radius 1 is 0.568 bits per heavy atom. The zero-order valence-corrected chi connectivity index (χ0v) is 24.5. The van der Waals surface area contributed by atoms with E-state index in [2.05, 4.69) is 174 Å². The van der Waals surface area contributed by atoms with Gasteiger partial charge in [0.25, 0.3) is 0 Å². The molecule has 0 N–H and O–H groups in total. The van der Waals surface area contributed by atoms with Gasteiger partial charge in [-0.15, -0.1) is 0 Å². The van der Waals surface area contributed by atoms with E-state index in [1.54, 1.807) is 0 Å². The van der Waals surface area contributed by atoms with E-state index in [9.17, 15) is 0 Å². The van der Waals surface area contributed by atoms with Crippen molar-refractivity contribution in [3.05, 3.63) is 176 Å². The van der Waals surface area contributed by atoms with Gasteiger partial charge in [0.15, 0.2) is 0 Å². The molecule has 2 heteroatoms. The summed E-state index contributed by atoms with van der Waals surface area (Å²) in [4.78, 5) is 2.24. The van der Waals surface area contributed by atoms with Crippen LogP contribution in [0.5, 0.6) is 0 Å². The summed E-state index contributed by atoms with van der Waals surface area (Å²) in [5, 5.41) is 2.53. The monoisotopic (exact) mass is 564 g/mol. The first-order valence-electron chi connectivity index (χ1n) is 15.3. The average Bonchev–Trinajstić information content (AvgIpc) is 3.41. The highest BCUT2D eigenvalue weighted by Crippen LogP contribution is 2.42. The van der Waals surface area contributed by atoms with Crippen LogP contribution in [0, 0.1) is 0 Å². The van der Waals surface area contributed by atoms with Crippen molar-refractivity contribution in [1.29, 1.82) is 0 Å². The van der Waals surface area contributed by atoms with E-state index >= 15 is 0 Å². The molecule has 210 valence electrons. The minimum atomic E-state index is 0.995. The number of aromatic nitrogens is 1. The first kappa shape index (κ1) is 26.1. The molecular weight excluding hydrogens is 532 g/mol. The molecule has 2 nitrogen and oxygen atoms in total. The van der Waals surface area contributed by atoms with E-state index in [1.807, 2.05) is 0 Å². The maximum atomic E-state index is 4.44. The SMILES string of the molecule is C=C1/C=C\C=C/N(c2ccccc2)c2ccc(-c3ccc4c(c3)c3ccccc3n4C3=CCCC=C3c3ccccc3)cc21. The van der Waals surface area contributed by atoms with Gasteiger partial charge in [-0.2, -0.15) is 0 Å². The van der Waals surface area contributed by atoms with E-state index in [0.717, 1.165) is 35.4 Å². The van der Waals surface area contributed by atoms with Crippen LogP contribution in [-0.4, -0.2) is 4.57 Å². The summed E-state index contributed by atoms with van der Waals surface area (Å²) >= 11 is 0. The van der Waals surface area contributed by atoms with Crippen molar-refractivity contribution in [2.45, 2.75) is 12.8 Å². The molecule has 0 bridgehead atoms. The Morgan fingerprint density at radius 2 is 1.27 bits per heavy atom. The van der Waals surface area contributed by atoms with Crippen molar-refractivity contribution in [3.8, 4) is 11.1 Å². The van der Waals surface area contributed by atoms with Gasteiger partial charge >= 0.3 is 0 Å². The average molecular weight is 565 g/mol. The number of hydrogen-bond acceptors (Lipinski definition) is 1. The largest absolute Gasteiger partial charge is 0.317 e. The zero-order chi connectivity index (χ0) is 29.5. The molecule has 0 spiro atoms. The van der Waals surface area contributed by atoms with E-state index in [1.165, 1.54) is 49.8 Å². The molecule has 2 aliphatic rings. The summed E-state index contributed by atoms with van der Waals surface area (Å²) in [6.45, 7) is 4.44. The Balaban J connectivity index is 1.27. The van der Waals surface area contributed by atoms with Gasteiger partial charge in [-0.1, -0.05) is 110 Å². The first-order chi connectivity index (χ1) is 21.8. The Labute approximate surface area is 258 Å². The lowest BCUT2D eigenvalue weighted by molar-refractivity contribution is 1.02. The fourth-order valence-electron chi connectivity index (χ4n) is 6.64. The van der Waals surface area contributed by atoms with Crippen LogP contribution >= 0.6 is 0 Å². The molecule has 0 unspecified atom stereocenters. The van der Waals surface area contributed by atoms with E-state index in [4.69, 9.17) is 0 Å².